The largest absolute Gasteiger partial charge is 0.381 e. The van der Waals surface area contributed by atoms with E-state index in [1.807, 2.05) is 0 Å². The van der Waals surface area contributed by atoms with E-state index in [-0.39, 0.29) is 11.3 Å². The highest BCUT2D eigenvalue weighted by molar-refractivity contribution is 5.77. The van der Waals surface area contributed by atoms with Crippen LogP contribution in [0.4, 0.5) is 0 Å². The van der Waals surface area contributed by atoms with Crippen LogP contribution in [0.2, 0.25) is 0 Å². The zero-order valence-electron chi connectivity index (χ0n) is 8.42. The van der Waals surface area contributed by atoms with Gasteiger partial charge in [-0.3, -0.25) is 4.79 Å². The first kappa shape index (κ1) is 9.93. The second-order valence-electron chi connectivity index (χ2n) is 4.39. The van der Waals surface area contributed by atoms with Gasteiger partial charge in [-0.15, -0.1) is 0 Å². The van der Waals surface area contributed by atoms with Gasteiger partial charge in [0.25, 0.3) is 0 Å². The third kappa shape index (κ3) is 1.64. The Hall–Kier alpha value is -0.610. The van der Waals surface area contributed by atoms with Crippen LogP contribution in [0.5, 0.6) is 0 Å². The Morgan fingerprint density at radius 2 is 2.21 bits per heavy atom. The zero-order chi connectivity index (χ0) is 10.0. The number of carbonyl (C=O) groups excluding carboxylic acids is 1. The lowest BCUT2D eigenvalue weighted by atomic mass is 9.65. The van der Waals surface area contributed by atoms with Crippen molar-refractivity contribution in [1.82, 2.24) is 5.32 Å². The molecular weight excluding hydrogens is 180 g/mol. The molecule has 3 N–H and O–H groups in total. The molecule has 2 saturated heterocycles. The minimum Gasteiger partial charge on any atom is -0.381 e. The van der Waals surface area contributed by atoms with Crippen molar-refractivity contribution in [3.8, 4) is 0 Å². The number of hydrogen-bond donors (Lipinski definition) is 2. The van der Waals surface area contributed by atoms with Crippen molar-refractivity contribution < 1.29 is 9.53 Å². The summed E-state index contributed by atoms with van der Waals surface area (Å²) in [5, 5.41) is 2.89. The Morgan fingerprint density at radius 1 is 1.50 bits per heavy atom. The van der Waals surface area contributed by atoms with Crippen molar-refractivity contribution in [1.29, 1.82) is 0 Å². The van der Waals surface area contributed by atoms with Crippen molar-refractivity contribution in [2.75, 3.05) is 26.3 Å². The average Bonchev–Trinajstić information content (AvgIpc) is 2.19. The first-order chi connectivity index (χ1) is 6.77. The molecule has 2 aliphatic heterocycles. The SMILES string of the molecule is NCC1CNC(=O)CC12CCOCC2. The Labute approximate surface area is 84.2 Å². The Morgan fingerprint density at radius 3 is 2.86 bits per heavy atom. The van der Waals surface area contributed by atoms with Crippen molar-refractivity contribution in [2.24, 2.45) is 17.1 Å². The van der Waals surface area contributed by atoms with E-state index in [1.165, 1.54) is 0 Å². The fourth-order valence-corrected chi connectivity index (χ4v) is 2.68. The molecule has 0 bridgehead atoms. The lowest BCUT2D eigenvalue weighted by Crippen LogP contribution is -2.52. The summed E-state index contributed by atoms with van der Waals surface area (Å²) in [6.45, 7) is 2.98. The van der Waals surface area contributed by atoms with Crippen molar-refractivity contribution in [3.05, 3.63) is 0 Å². The van der Waals surface area contributed by atoms with Gasteiger partial charge >= 0.3 is 0 Å². The molecule has 1 amide bonds. The lowest BCUT2D eigenvalue weighted by molar-refractivity contribution is -0.131. The Balaban J connectivity index is 2.13. The molecule has 2 rings (SSSR count). The standard InChI is InChI=1S/C10H18N2O2/c11-6-8-7-12-9(13)5-10(8)1-3-14-4-2-10/h8H,1-7,11H2,(H,12,13). The second-order valence-corrected chi connectivity index (χ2v) is 4.39. The summed E-state index contributed by atoms with van der Waals surface area (Å²) in [6.07, 6.45) is 2.61. The van der Waals surface area contributed by atoms with Crippen LogP contribution in [-0.2, 0) is 9.53 Å². The van der Waals surface area contributed by atoms with E-state index in [0.29, 0.717) is 18.9 Å². The zero-order valence-corrected chi connectivity index (χ0v) is 8.42. The summed E-state index contributed by atoms with van der Waals surface area (Å²) in [7, 11) is 0. The third-order valence-electron chi connectivity index (χ3n) is 3.70. The summed E-state index contributed by atoms with van der Waals surface area (Å²) >= 11 is 0. The van der Waals surface area contributed by atoms with Gasteiger partial charge in [-0.1, -0.05) is 0 Å². The molecule has 0 radical (unpaired) electrons. The summed E-state index contributed by atoms with van der Waals surface area (Å²) in [4.78, 5) is 11.4. The molecule has 2 aliphatic rings. The predicted molar refractivity (Wildman–Crippen MR) is 52.7 cm³/mol. The summed E-state index contributed by atoms with van der Waals surface area (Å²) in [6, 6.07) is 0. The van der Waals surface area contributed by atoms with Gasteiger partial charge < -0.3 is 15.8 Å². The molecule has 1 atom stereocenters. The predicted octanol–water partition coefficient (Wildman–Crippen LogP) is -0.122. The fourth-order valence-electron chi connectivity index (χ4n) is 2.68. The normalized spacial score (nSPS) is 31.5. The number of nitrogens with one attached hydrogen (secondary N) is 1. The van der Waals surface area contributed by atoms with Gasteiger partial charge in [-0.25, -0.2) is 0 Å². The lowest BCUT2D eigenvalue weighted by Gasteiger charge is -2.45. The van der Waals surface area contributed by atoms with Gasteiger partial charge in [0.05, 0.1) is 0 Å². The van der Waals surface area contributed by atoms with E-state index in [4.69, 9.17) is 10.5 Å². The monoisotopic (exact) mass is 198 g/mol. The molecule has 0 saturated carbocycles. The van der Waals surface area contributed by atoms with Crippen LogP contribution in [-0.4, -0.2) is 32.2 Å². The topological polar surface area (TPSA) is 64.3 Å². The van der Waals surface area contributed by atoms with Crippen LogP contribution in [0, 0.1) is 11.3 Å². The highest BCUT2D eigenvalue weighted by atomic mass is 16.5. The molecule has 0 aromatic carbocycles. The van der Waals surface area contributed by atoms with Gasteiger partial charge in [0.15, 0.2) is 0 Å². The molecule has 1 unspecified atom stereocenters. The molecule has 0 aromatic heterocycles. The molecule has 2 heterocycles. The van der Waals surface area contributed by atoms with Crippen LogP contribution in [0.15, 0.2) is 0 Å². The summed E-state index contributed by atoms with van der Waals surface area (Å²) in [5.41, 5.74) is 5.90. The number of nitrogens with two attached hydrogens (primary N) is 1. The van der Waals surface area contributed by atoms with E-state index in [9.17, 15) is 4.79 Å². The van der Waals surface area contributed by atoms with Crippen LogP contribution >= 0.6 is 0 Å². The quantitative estimate of drug-likeness (QED) is 0.617. The molecule has 0 aliphatic carbocycles. The van der Waals surface area contributed by atoms with Crippen molar-refractivity contribution >= 4 is 5.91 Å². The van der Waals surface area contributed by atoms with E-state index in [0.717, 1.165) is 32.6 Å². The maximum Gasteiger partial charge on any atom is 0.220 e. The van der Waals surface area contributed by atoms with Gasteiger partial charge in [0.2, 0.25) is 5.91 Å². The van der Waals surface area contributed by atoms with Crippen LogP contribution in [0.3, 0.4) is 0 Å². The van der Waals surface area contributed by atoms with Gasteiger partial charge in [0, 0.05) is 26.2 Å². The first-order valence-electron chi connectivity index (χ1n) is 5.31. The first-order valence-corrected chi connectivity index (χ1v) is 5.31. The van der Waals surface area contributed by atoms with Crippen molar-refractivity contribution in [3.63, 3.8) is 0 Å². The van der Waals surface area contributed by atoms with Crippen LogP contribution in [0.25, 0.3) is 0 Å². The molecule has 4 nitrogen and oxygen atoms in total. The van der Waals surface area contributed by atoms with Crippen LogP contribution in [0.1, 0.15) is 19.3 Å². The molecule has 14 heavy (non-hydrogen) atoms. The van der Waals surface area contributed by atoms with Crippen molar-refractivity contribution in [2.45, 2.75) is 19.3 Å². The smallest absolute Gasteiger partial charge is 0.220 e. The molecule has 4 heteroatoms. The number of ether oxygens (including phenoxy) is 1. The molecule has 2 fully saturated rings. The van der Waals surface area contributed by atoms with E-state index in [2.05, 4.69) is 5.32 Å². The average molecular weight is 198 g/mol. The number of carbonyl (C=O) groups is 1. The minimum absolute atomic E-state index is 0.134. The number of piperidine rings is 1. The fraction of sp³-hybridized carbons (Fsp3) is 0.900. The second kappa shape index (κ2) is 3.87. The van der Waals surface area contributed by atoms with E-state index in [1.54, 1.807) is 0 Å². The van der Waals surface area contributed by atoms with E-state index < -0.39 is 0 Å². The highest BCUT2D eigenvalue weighted by Gasteiger charge is 2.43. The van der Waals surface area contributed by atoms with Crippen LogP contribution < -0.4 is 11.1 Å². The minimum atomic E-state index is 0.134. The molecule has 0 aromatic rings. The van der Waals surface area contributed by atoms with E-state index >= 15 is 0 Å². The molecule has 80 valence electrons. The summed E-state index contributed by atoms with van der Waals surface area (Å²) < 4.78 is 5.35. The number of rotatable bonds is 1. The van der Waals surface area contributed by atoms with Gasteiger partial charge in [0.1, 0.15) is 0 Å². The summed E-state index contributed by atoms with van der Waals surface area (Å²) in [5.74, 6) is 0.612. The maximum atomic E-state index is 11.4. The van der Waals surface area contributed by atoms with Gasteiger partial charge in [-0.05, 0) is 30.7 Å². The maximum absolute atomic E-state index is 11.4. The molecule has 1 spiro atoms. The number of hydrogen-bond acceptors (Lipinski definition) is 3. The molecular formula is C10H18N2O2. The Kier molecular flexibility index (Phi) is 2.74. The highest BCUT2D eigenvalue weighted by Crippen LogP contribution is 2.42. The Bertz CT molecular complexity index is 224. The number of amides is 1. The third-order valence-corrected chi connectivity index (χ3v) is 3.70. The van der Waals surface area contributed by atoms with Gasteiger partial charge in [-0.2, -0.15) is 0 Å².